The average molecular weight is 394 g/mol. The van der Waals surface area contributed by atoms with E-state index in [1.807, 2.05) is 0 Å². The second-order valence-corrected chi connectivity index (χ2v) is 6.47. The molecule has 0 fully saturated rings. The maximum atomic E-state index is 12.7. The normalized spacial score (nSPS) is 12.1. The zero-order chi connectivity index (χ0) is 20.4. The number of aromatic nitrogens is 3. The lowest BCUT2D eigenvalue weighted by atomic mass is 10.1. The summed E-state index contributed by atoms with van der Waals surface area (Å²) in [6.07, 6.45) is 3.03. The first kappa shape index (κ1) is 18.5. The molecule has 1 atom stereocenters. The molecule has 29 heavy (non-hydrogen) atoms. The first-order valence-corrected chi connectivity index (χ1v) is 8.94. The van der Waals surface area contributed by atoms with Crippen LogP contribution in [0.3, 0.4) is 0 Å². The van der Waals surface area contributed by atoms with Crippen molar-refractivity contribution in [2.45, 2.75) is 26.4 Å². The molecule has 0 aliphatic rings. The van der Waals surface area contributed by atoms with Gasteiger partial charge in [-0.15, -0.1) is 0 Å². The standard InChI is InChI=1S/C20H18N4O5/c1-12-9-17(29-23-12)15-10-18(25)24(22-19(15)16-6-4-8-28-16)13(2)20(26)21-11-14-5-3-7-27-14/h3-10,13H,11H2,1-2H3,(H,21,26)/t13-/m0/s1. The van der Waals surface area contributed by atoms with Gasteiger partial charge in [-0.25, -0.2) is 4.68 Å². The van der Waals surface area contributed by atoms with E-state index in [1.54, 1.807) is 44.2 Å². The Balaban J connectivity index is 1.69. The number of nitrogens with one attached hydrogen (secondary N) is 1. The van der Waals surface area contributed by atoms with Gasteiger partial charge in [0.05, 0.1) is 30.3 Å². The predicted molar refractivity (Wildman–Crippen MR) is 102 cm³/mol. The van der Waals surface area contributed by atoms with Gasteiger partial charge in [0, 0.05) is 12.1 Å². The highest BCUT2D eigenvalue weighted by atomic mass is 16.5. The van der Waals surface area contributed by atoms with Crippen LogP contribution in [0.4, 0.5) is 0 Å². The lowest BCUT2D eigenvalue weighted by Crippen LogP contribution is -2.37. The molecule has 0 unspecified atom stereocenters. The molecular weight excluding hydrogens is 376 g/mol. The fraction of sp³-hybridized carbons (Fsp3) is 0.200. The number of hydrogen-bond donors (Lipinski definition) is 1. The molecule has 0 aliphatic carbocycles. The van der Waals surface area contributed by atoms with Gasteiger partial charge in [0.2, 0.25) is 5.91 Å². The maximum absolute atomic E-state index is 12.7. The molecule has 0 spiro atoms. The zero-order valence-corrected chi connectivity index (χ0v) is 15.8. The molecule has 0 radical (unpaired) electrons. The minimum atomic E-state index is -0.850. The Kier molecular flexibility index (Phi) is 4.86. The van der Waals surface area contributed by atoms with Crippen LogP contribution in [0.1, 0.15) is 24.4 Å². The summed E-state index contributed by atoms with van der Waals surface area (Å²) in [7, 11) is 0. The van der Waals surface area contributed by atoms with E-state index in [9.17, 15) is 9.59 Å². The van der Waals surface area contributed by atoms with Gasteiger partial charge < -0.3 is 18.7 Å². The van der Waals surface area contributed by atoms with Crippen molar-refractivity contribution < 1.29 is 18.2 Å². The molecule has 0 saturated carbocycles. The third-order valence-electron chi connectivity index (χ3n) is 4.37. The van der Waals surface area contributed by atoms with Gasteiger partial charge in [-0.3, -0.25) is 9.59 Å². The highest BCUT2D eigenvalue weighted by Crippen LogP contribution is 2.30. The van der Waals surface area contributed by atoms with Crippen molar-refractivity contribution in [3.8, 4) is 22.8 Å². The summed E-state index contributed by atoms with van der Waals surface area (Å²) in [5, 5.41) is 11.0. The van der Waals surface area contributed by atoms with E-state index in [-0.39, 0.29) is 12.5 Å². The average Bonchev–Trinajstić information content (AvgIpc) is 3.47. The lowest BCUT2D eigenvalue weighted by molar-refractivity contribution is -0.124. The molecule has 0 aromatic carbocycles. The second kappa shape index (κ2) is 7.63. The molecular formula is C20H18N4O5. The summed E-state index contributed by atoms with van der Waals surface area (Å²) in [4.78, 5) is 25.3. The van der Waals surface area contributed by atoms with Gasteiger partial charge in [-0.05, 0) is 38.1 Å². The Morgan fingerprint density at radius 2 is 1.97 bits per heavy atom. The number of carbonyl (C=O) groups is 1. The van der Waals surface area contributed by atoms with Gasteiger partial charge >= 0.3 is 0 Å². The first-order valence-electron chi connectivity index (χ1n) is 8.94. The van der Waals surface area contributed by atoms with E-state index >= 15 is 0 Å². The van der Waals surface area contributed by atoms with Crippen molar-refractivity contribution in [3.63, 3.8) is 0 Å². The van der Waals surface area contributed by atoms with Crippen LogP contribution in [0.15, 0.2) is 67.1 Å². The third kappa shape index (κ3) is 3.75. The first-order chi connectivity index (χ1) is 14.0. The monoisotopic (exact) mass is 394 g/mol. The number of hydrogen-bond acceptors (Lipinski definition) is 7. The van der Waals surface area contributed by atoms with Crippen LogP contribution in [0.5, 0.6) is 0 Å². The van der Waals surface area contributed by atoms with Gasteiger partial charge in [0.25, 0.3) is 5.56 Å². The number of nitrogens with zero attached hydrogens (tertiary/aromatic N) is 3. The Labute approximate surface area is 164 Å². The molecule has 1 amide bonds. The third-order valence-corrected chi connectivity index (χ3v) is 4.37. The number of aryl methyl sites for hydroxylation is 1. The molecule has 0 saturated heterocycles. The molecule has 4 aromatic rings. The summed E-state index contributed by atoms with van der Waals surface area (Å²) in [5.74, 6) is 1.06. The smallest absolute Gasteiger partial charge is 0.268 e. The topological polar surface area (TPSA) is 116 Å². The number of furan rings is 2. The van der Waals surface area contributed by atoms with Crippen molar-refractivity contribution in [1.29, 1.82) is 0 Å². The van der Waals surface area contributed by atoms with Crippen molar-refractivity contribution in [1.82, 2.24) is 20.3 Å². The van der Waals surface area contributed by atoms with E-state index in [0.29, 0.717) is 34.2 Å². The van der Waals surface area contributed by atoms with Crippen LogP contribution >= 0.6 is 0 Å². The molecule has 0 bridgehead atoms. The summed E-state index contributed by atoms with van der Waals surface area (Å²) >= 11 is 0. The Morgan fingerprint density at radius 3 is 2.62 bits per heavy atom. The molecule has 4 heterocycles. The zero-order valence-electron chi connectivity index (χ0n) is 15.8. The van der Waals surface area contributed by atoms with Gasteiger partial charge in [-0.2, -0.15) is 5.10 Å². The maximum Gasteiger partial charge on any atom is 0.268 e. The van der Waals surface area contributed by atoms with Crippen molar-refractivity contribution >= 4 is 5.91 Å². The SMILES string of the molecule is Cc1cc(-c2cc(=O)n([C@@H](C)C(=O)NCc3ccco3)nc2-c2ccco2)on1. The van der Waals surface area contributed by atoms with Crippen LogP contribution < -0.4 is 10.9 Å². The van der Waals surface area contributed by atoms with E-state index in [1.165, 1.54) is 18.6 Å². The summed E-state index contributed by atoms with van der Waals surface area (Å²) in [6, 6.07) is 9.12. The van der Waals surface area contributed by atoms with E-state index in [0.717, 1.165) is 4.68 Å². The fourth-order valence-electron chi connectivity index (χ4n) is 2.87. The molecule has 9 nitrogen and oxygen atoms in total. The minimum absolute atomic E-state index is 0.214. The quantitative estimate of drug-likeness (QED) is 0.534. The van der Waals surface area contributed by atoms with Crippen molar-refractivity contribution in [2.75, 3.05) is 0 Å². The highest BCUT2D eigenvalue weighted by molar-refractivity contribution is 5.80. The van der Waals surface area contributed by atoms with Crippen LogP contribution in [0.2, 0.25) is 0 Å². The highest BCUT2D eigenvalue weighted by Gasteiger charge is 2.23. The minimum Gasteiger partial charge on any atom is -0.467 e. The largest absolute Gasteiger partial charge is 0.467 e. The predicted octanol–water partition coefficient (Wildman–Crippen LogP) is 2.94. The van der Waals surface area contributed by atoms with Crippen molar-refractivity contribution in [3.05, 3.63) is 70.7 Å². The summed E-state index contributed by atoms with van der Waals surface area (Å²) in [6.45, 7) is 3.58. The molecule has 9 heteroatoms. The van der Waals surface area contributed by atoms with Crippen LogP contribution in [-0.4, -0.2) is 20.8 Å². The molecule has 0 aliphatic heterocycles. The van der Waals surface area contributed by atoms with Crippen LogP contribution in [0.25, 0.3) is 22.8 Å². The fourth-order valence-corrected chi connectivity index (χ4v) is 2.87. The Hall–Kier alpha value is -3.88. The Morgan fingerprint density at radius 1 is 1.17 bits per heavy atom. The number of rotatable bonds is 6. The molecule has 4 aromatic heterocycles. The summed E-state index contributed by atoms with van der Waals surface area (Å²) in [5.41, 5.74) is 1.02. The van der Waals surface area contributed by atoms with Gasteiger partial charge in [-0.1, -0.05) is 5.16 Å². The lowest BCUT2D eigenvalue weighted by Gasteiger charge is -2.15. The summed E-state index contributed by atoms with van der Waals surface area (Å²) < 4.78 is 17.1. The van der Waals surface area contributed by atoms with Crippen LogP contribution in [-0.2, 0) is 11.3 Å². The molecule has 148 valence electrons. The van der Waals surface area contributed by atoms with E-state index in [4.69, 9.17) is 13.4 Å². The number of amides is 1. The van der Waals surface area contributed by atoms with Gasteiger partial charge in [0.15, 0.2) is 11.5 Å². The van der Waals surface area contributed by atoms with Gasteiger partial charge in [0.1, 0.15) is 17.5 Å². The molecule has 1 N–H and O–H groups in total. The Bertz CT molecular complexity index is 1170. The van der Waals surface area contributed by atoms with E-state index in [2.05, 4.69) is 15.6 Å². The van der Waals surface area contributed by atoms with Crippen LogP contribution in [0, 0.1) is 6.92 Å². The van der Waals surface area contributed by atoms with Crippen molar-refractivity contribution in [2.24, 2.45) is 0 Å². The molecule has 4 rings (SSSR count). The number of carbonyl (C=O) groups excluding carboxylic acids is 1. The van der Waals surface area contributed by atoms with E-state index < -0.39 is 11.6 Å². The second-order valence-electron chi connectivity index (χ2n) is 6.47.